The molecular weight excluding hydrogens is 438 g/mol. The van der Waals surface area contributed by atoms with E-state index in [4.69, 9.17) is 4.74 Å². The zero-order valence-corrected chi connectivity index (χ0v) is 17.1. The lowest BCUT2D eigenvalue weighted by atomic mass is 10.3. The molecule has 2 rings (SSSR count). The number of halogens is 2. The van der Waals surface area contributed by atoms with Crippen LogP contribution in [0.15, 0.2) is 29.3 Å². The molecule has 25 heavy (non-hydrogen) atoms. The maximum absolute atomic E-state index is 13.1. The van der Waals surface area contributed by atoms with E-state index in [2.05, 4.69) is 25.8 Å². The van der Waals surface area contributed by atoms with E-state index in [1.54, 1.807) is 19.2 Å². The van der Waals surface area contributed by atoms with Gasteiger partial charge in [0.2, 0.25) is 0 Å². The van der Waals surface area contributed by atoms with Crippen molar-refractivity contribution in [2.24, 2.45) is 12.0 Å². The second-order valence-corrected chi connectivity index (χ2v) is 5.41. The van der Waals surface area contributed by atoms with Gasteiger partial charge in [0.1, 0.15) is 23.5 Å². The molecule has 0 fully saturated rings. The monoisotopic (exact) mass is 462 g/mol. The standard InChI is InChI=1S/C16H23FN6O.HI/c1-11(24-14-7-5-6-13(17)8-14)9-19-16(18-3)20-10-15-22-21-12(2)23(15)4;/h5-8,11H,9-10H2,1-4H3,(H2,18,19,20);1H. The van der Waals surface area contributed by atoms with Gasteiger partial charge < -0.3 is 19.9 Å². The number of benzene rings is 1. The number of aromatic nitrogens is 3. The molecule has 0 bridgehead atoms. The van der Waals surface area contributed by atoms with E-state index in [-0.39, 0.29) is 35.9 Å². The number of hydrogen-bond donors (Lipinski definition) is 2. The number of guanidine groups is 1. The summed E-state index contributed by atoms with van der Waals surface area (Å²) in [5.41, 5.74) is 0. The van der Waals surface area contributed by atoms with Crippen molar-refractivity contribution in [1.82, 2.24) is 25.4 Å². The molecule has 9 heteroatoms. The van der Waals surface area contributed by atoms with Gasteiger partial charge in [0.25, 0.3) is 0 Å². The zero-order chi connectivity index (χ0) is 17.5. The van der Waals surface area contributed by atoms with Crippen molar-refractivity contribution in [1.29, 1.82) is 0 Å². The predicted octanol–water partition coefficient (Wildman–Crippen LogP) is 2.01. The SMILES string of the molecule is CN=C(NCc1nnc(C)n1C)NCC(C)Oc1cccc(F)c1.I. The smallest absolute Gasteiger partial charge is 0.191 e. The van der Waals surface area contributed by atoms with Gasteiger partial charge in [-0.1, -0.05) is 6.07 Å². The van der Waals surface area contributed by atoms with Crippen molar-refractivity contribution in [2.75, 3.05) is 13.6 Å². The molecule has 2 N–H and O–H groups in total. The Hall–Kier alpha value is -1.91. The molecule has 0 saturated carbocycles. The Morgan fingerprint density at radius 3 is 2.72 bits per heavy atom. The fourth-order valence-electron chi connectivity index (χ4n) is 2.04. The van der Waals surface area contributed by atoms with Crippen molar-refractivity contribution in [2.45, 2.75) is 26.5 Å². The summed E-state index contributed by atoms with van der Waals surface area (Å²) in [6, 6.07) is 6.09. The number of nitrogens with zero attached hydrogens (tertiary/aromatic N) is 4. The lowest BCUT2D eigenvalue weighted by Crippen LogP contribution is -2.41. The van der Waals surface area contributed by atoms with Crippen LogP contribution >= 0.6 is 24.0 Å². The van der Waals surface area contributed by atoms with Gasteiger partial charge in [-0.3, -0.25) is 4.99 Å². The first-order valence-electron chi connectivity index (χ1n) is 7.71. The average molecular weight is 462 g/mol. The molecule has 1 aromatic heterocycles. The first kappa shape index (κ1) is 21.1. The molecule has 0 aliphatic heterocycles. The highest BCUT2D eigenvalue weighted by Gasteiger charge is 2.08. The second-order valence-electron chi connectivity index (χ2n) is 5.41. The number of hydrogen-bond acceptors (Lipinski definition) is 4. The summed E-state index contributed by atoms with van der Waals surface area (Å²) in [5, 5.41) is 14.4. The fraction of sp³-hybridized carbons (Fsp3) is 0.438. The second kappa shape index (κ2) is 10.2. The minimum atomic E-state index is -0.316. The van der Waals surface area contributed by atoms with Crippen LogP contribution in [-0.4, -0.2) is 40.4 Å². The summed E-state index contributed by atoms with van der Waals surface area (Å²) in [6.07, 6.45) is -0.151. The third-order valence-corrected chi connectivity index (χ3v) is 3.51. The number of aliphatic imine (C=N–C) groups is 1. The van der Waals surface area contributed by atoms with Gasteiger partial charge in [-0.25, -0.2) is 4.39 Å². The van der Waals surface area contributed by atoms with Crippen LogP contribution in [0.3, 0.4) is 0 Å². The minimum absolute atomic E-state index is 0. The number of aryl methyl sites for hydroxylation is 1. The third-order valence-electron chi connectivity index (χ3n) is 3.51. The molecule has 2 aromatic rings. The lowest BCUT2D eigenvalue weighted by Gasteiger charge is -2.17. The highest BCUT2D eigenvalue weighted by atomic mass is 127. The van der Waals surface area contributed by atoms with E-state index >= 15 is 0 Å². The van der Waals surface area contributed by atoms with Crippen LogP contribution in [0.2, 0.25) is 0 Å². The first-order chi connectivity index (χ1) is 11.5. The Balaban J connectivity index is 0.00000312. The van der Waals surface area contributed by atoms with Gasteiger partial charge in [-0.15, -0.1) is 34.2 Å². The summed E-state index contributed by atoms with van der Waals surface area (Å²) >= 11 is 0. The summed E-state index contributed by atoms with van der Waals surface area (Å²) in [5.74, 6) is 2.49. The quantitative estimate of drug-likeness (QED) is 0.391. The Morgan fingerprint density at radius 2 is 2.12 bits per heavy atom. The van der Waals surface area contributed by atoms with E-state index < -0.39 is 0 Å². The van der Waals surface area contributed by atoms with E-state index in [0.29, 0.717) is 24.8 Å². The molecule has 138 valence electrons. The zero-order valence-electron chi connectivity index (χ0n) is 14.8. The molecular formula is C16H24FIN6O. The number of ether oxygens (including phenoxy) is 1. The van der Waals surface area contributed by atoms with Crippen LogP contribution in [0, 0.1) is 12.7 Å². The van der Waals surface area contributed by atoms with Crippen LogP contribution in [0.4, 0.5) is 4.39 Å². The molecule has 0 aliphatic carbocycles. The molecule has 0 amide bonds. The molecule has 0 aliphatic rings. The number of rotatable bonds is 6. The highest BCUT2D eigenvalue weighted by molar-refractivity contribution is 14.0. The molecule has 1 unspecified atom stereocenters. The van der Waals surface area contributed by atoms with Gasteiger partial charge in [0, 0.05) is 20.2 Å². The minimum Gasteiger partial charge on any atom is -0.489 e. The summed E-state index contributed by atoms with van der Waals surface area (Å²) in [7, 11) is 3.60. The molecule has 0 saturated heterocycles. The average Bonchev–Trinajstić information content (AvgIpc) is 2.87. The maximum Gasteiger partial charge on any atom is 0.191 e. The van der Waals surface area contributed by atoms with Gasteiger partial charge in [0.05, 0.1) is 13.1 Å². The molecule has 0 spiro atoms. The Morgan fingerprint density at radius 1 is 1.36 bits per heavy atom. The Labute approximate surface area is 164 Å². The predicted molar refractivity (Wildman–Crippen MR) is 106 cm³/mol. The highest BCUT2D eigenvalue weighted by Crippen LogP contribution is 2.13. The summed E-state index contributed by atoms with van der Waals surface area (Å²) in [6.45, 7) is 4.83. The summed E-state index contributed by atoms with van der Waals surface area (Å²) < 4.78 is 20.7. The van der Waals surface area contributed by atoms with Crippen molar-refractivity contribution >= 4 is 29.9 Å². The molecule has 1 aromatic carbocycles. The van der Waals surface area contributed by atoms with Crippen molar-refractivity contribution < 1.29 is 9.13 Å². The van der Waals surface area contributed by atoms with E-state index in [0.717, 1.165) is 11.6 Å². The molecule has 7 nitrogen and oxygen atoms in total. The van der Waals surface area contributed by atoms with Gasteiger partial charge in [-0.2, -0.15) is 0 Å². The molecule has 1 atom stereocenters. The van der Waals surface area contributed by atoms with Crippen molar-refractivity contribution in [3.05, 3.63) is 41.7 Å². The van der Waals surface area contributed by atoms with Crippen LogP contribution in [-0.2, 0) is 13.6 Å². The van der Waals surface area contributed by atoms with E-state index in [1.807, 2.05) is 25.5 Å². The Kier molecular flexibility index (Phi) is 8.59. The van der Waals surface area contributed by atoms with Crippen LogP contribution in [0.25, 0.3) is 0 Å². The first-order valence-corrected chi connectivity index (χ1v) is 7.71. The van der Waals surface area contributed by atoms with Crippen LogP contribution in [0.1, 0.15) is 18.6 Å². The van der Waals surface area contributed by atoms with Crippen LogP contribution in [0.5, 0.6) is 5.75 Å². The van der Waals surface area contributed by atoms with E-state index in [1.165, 1.54) is 12.1 Å². The molecule has 1 heterocycles. The van der Waals surface area contributed by atoms with Crippen LogP contribution < -0.4 is 15.4 Å². The van der Waals surface area contributed by atoms with Gasteiger partial charge in [-0.05, 0) is 26.0 Å². The molecule has 0 radical (unpaired) electrons. The summed E-state index contributed by atoms with van der Waals surface area (Å²) in [4.78, 5) is 4.15. The number of nitrogens with one attached hydrogen (secondary N) is 2. The largest absolute Gasteiger partial charge is 0.489 e. The Bertz CT molecular complexity index is 706. The van der Waals surface area contributed by atoms with Gasteiger partial charge in [0.15, 0.2) is 11.8 Å². The van der Waals surface area contributed by atoms with Crippen molar-refractivity contribution in [3.8, 4) is 5.75 Å². The van der Waals surface area contributed by atoms with E-state index in [9.17, 15) is 4.39 Å². The normalized spacial score (nSPS) is 12.3. The fourth-order valence-corrected chi connectivity index (χ4v) is 2.04. The lowest BCUT2D eigenvalue weighted by molar-refractivity contribution is 0.223. The van der Waals surface area contributed by atoms with Gasteiger partial charge >= 0.3 is 0 Å². The van der Waals surface area contributed by atoms with Crippen molar-refractivity contribution in [3.63, 3.8) is 0 Å². The topological polar surface area (TPSA) is 76.4 Å². The maximum atomic E-state index is 13.1. The third kappa shape index (κ3) is 6.48.